The number of carbonyl (C=O) groups is 2. The van der Waals surface area contributed by atoms with E-state index >= 15 is 0 Å². The minimum atomic E-state index is -1.15. The smallest absolute Gasteiger partial charge is 0.371 e. The Morgan fingerprint density at radius 3 is 2.86 bits per heavy atom. The fourth-order valence-electron chi connectivity index (χ4n) is 2.74. The molecule has 2 aromatic rings. The Kier molecular flexibility index (Phi) is 3.66. The third-order valence-electron chi connectivity index (χ3n) is 3.81. The van der Waals surface area contributed by atoms with Gasteiger partial charge in [-0.1, -0.05) is 6.07 Å². The molecule has 114 valence electrons. The van der Waals surface area contributed by atoms with Crippen LogP contribution in [0.4, 0.5) is 4.39 Å². The summed E-state index contributed by atoms with van der Waals surface area (Å²) >= 11 is 0. The van der Waals surface area contributed by atoms with Gasteiger partial charge in [0, 0.05) is 0 Å². The summed E-state index contributed by atoms with van der Waals surface area (Å²) in [6, 6.07) is 7.33. The second-order valence-corrected chi connectivity index (χ2v) is 5.22. The fraction of sp³-hybridized carbons (Fsp3) is 0.250. The van der Waals surface area contributed by atoms with Crippen molar-refractivity contribution in [3.63, 3.8) is 0 Å². The highest BCUT2D eigenvalue weighted by molar-refractivity contribution is 5.85. The van der Waals surface area contributed by atoms with Crippen LogP contribution >= 0.6 is 0 Å². The molecule has 0 fully saturated rings. The second-order valence-electron chi connectivity index (χ2n) is 5.22. The van der Waals surface area contributed by atoms with E-state index in [1.54, 1.807) is 6.07 Å². The van der Waals surface area contributed by atoms with Crippen LogP contribution in [0.15, 0.2) is 34.7 Å². The molecule has 1 heterocycles. The normalized spacial score (nSPS) is 16.3. The van der Waals surface area contributed by atoms with Gasteiger partial charge in [-0.2, -0.15) is 0 Å². The summed E-state index contributed by atoms with van der Waals surface area (Å²) in [6.07, 6.45) is 1.32. The molecule has 0 bridgehead atoms. The van der Waals surface area contributed by atoms with Crippen LogP contribution < -0.4 is 5.32 Å². The Balaban J connectivity index is 1.65. The van der Waals surface area contributed by atoms with Gasteiger partial charge in [-0.3, -0.25) is 4.79 Å². The van der Waals surface area contributed by atoms with Crippen LogP contribution in [0.25, 0.3) is 0 Å². The molecule has 1 aliphatic rings. The zero-order chi connectivity index (χ0) is 15.7. The van der Waals surface area contributed by atoms with Gasteiger partial charge in [-0.05, 0) is 48.2 Å². The van der Waals surface area contributed by atoms with E-state index < -0.39 is 5.97 Å². The van der Waals surface area contributed by atoms with E-state index in [0.717, 1.165) is 11.1 Å². The van der Waals surface area contributed by atoms with E-state index in [1.807, 2.05) is 0 Å². The molecule has 1 aromatic carbocycles. The number of fused-ring (bicyclic) bond motifs is 1. The number of rotatable bonds is 4. The number of aryl methyl sites for hydroxylation is 1. The van der Waals surface area contributed by atoms with Gasteiger partial charge in [0.2, 0.25) is 11.7 Å². The molecule has 6 heteroatoms. The van der Waals surface area contributed by atoms with Gasteiger partial charge in [-0.15, -0.1) is 0 Å². The van der Waals surface area contributed by atoms with Gasteiger partial charge in [-0.25, -0.2) is 9.18 Å². The topological polar surface area (TPSA) is 79.5 Å². The van der Waals surface area contributed by atoms with E-state index in [2.05, 4.69) is 5.32 Å². The molecule has 0 spiro atoms. The zero-order valence-corrected chi connectivity index (χ0v) is 11.6. The van der Waals surface area contributed by atoms with E-state index in [1.165, 1.54) is 24.3 Å². The molecule has 1 aromatic heterocycles. The number of halogens is 1. The first kappa shape index (κ1) is 14.3. The molecule has 22 heavy (non-hydrogen) atoms. The summed E-state index contributed by atoms with van der Waals surface area (Å²) in [6.45, 7) is 0.124. The van der Waals surface area contributed by atoms with Gasteiger partial charge in [0.25, 0.3) is 0 Å². The maximum Gasteiger partial charge on any atom is 0.371 e. The lowest BCUT2D eigenvalue weighted by atomic mass is 10.0. The predicted octanol–water partition coefficient (Wildman–Crippen LogP) is 2.46. The van der Waals surface area contributed by atoms with Crippen LogP contribution in [-0.2, 0) is 17.8 Å². The van der Waals surface area contributed by atoms with Crippen LogP contribution in [0.1, 0.15) is 39.8 Å². The largest absolute Gasteiger partial charge is 0.475 e. The number of hydrogen-bond donors (Lipinski definition) is 2. The van der Waals surface area contributed by atoms with Crippen molar-refractivity contribution in [3.8, 4) is 0 Å². The Morgan fingerprint density at radius 2 is 2.14 bits per heavy atom. The molecular formula is C16H14FNO4. The molecule has 0 saturated carbocycles. The molecule has 5 nitrogen and oxygen atoms in total. The number of carboxylic acids is 1. The average Bonchev–Trinajstić information content (AvgIpc) is 3.11. The molecule has 1 amide bonds. The Bertz CT molecular complexity index is 737. The Labute approximate surface area is 125 Å². The number of furan rings is 1. The predicted molar refractivity (Wildman–Crippen MR) is 75.0 cm³/mol. The quantitative estimate of drug-likeness (QED) is 0.909. The summed E-state index contributed by atoms with van der Waals surface area (Å²) in [7, 11) is 0. The average molecular weight is 303 g/mol. The molecule has 0 saturated heterocycles. The lowest BCUT2D eigenvalue weighted by Crippen LogP contribution is -2.27. The van der Waals surface area contributed by atoms with Crippen LogP contribution in [-0.4, -0.2) is 17.0 Å². The Morgan fingerprint density at radius 1 is 1.32 bits per heavy atom. The van der Waals surface area contributed by atoms with E-state index in [-0.39, 0.29) is 29.9 Å². The zero-order valence-electron chi connectivity index (χ0n) is 11.6. The van der Waals surface area contributed by atoms with E-state index in [9.17, 15) is 14.0 Å². The van der Waals surface area contributed by atoms with Gasteiger partial charge >= 0.3 is 5.97 Å². The molecule has 0 radical (unpaired) electrons. The van der Waals surface area contributed by atoms with E-state index in [0.29, 0.717) is 18.6 Å². The summed E-state index contributed by atoms with van der Waals surface area (Å²) in [4.78, 5) is 23.0. The number of amides is 1. The number of hydrogen-bond acceptors (Lipinski definition) is 3. The summed E-state index contributed by atoms with van der Waals surface area (Å²) in [5.74, 6) is -1.70. The standard InChI is InChI=1S/C16H14FNO4/c17-10-2-5-12-9(7-10)1-4-13(12)15(19)18-8-11-3-6-14(22-11)16(20)21/h2-3,5-7,13H,1,4,8H2,(H,18,19)(H,20,21). The van der Waals surface area contributed by atoms with Crippen molar-refractivity contribution >= 4 is 11.9 Å². The second kappa shape index (κ2) is 5.63. The maximum atomic E-state index is 13.2. The number of carboxylic acid groups (broad SMARTS) is 1. The Hall–Kier alpha value is -2.63. The monoisotopic (exact) mass is 303 g/mol. The van der Waals surface area contributed by atoms with Crippen LogP contribution in [0.5, 0.6) is 0 Å². The number of aromatic carboxylic acids is 1. The minimum Gasteiger partial charge on any atom is -0.475 e. The first-order chi connectivity index (χ1) is 10.5. The van der Waals surface area contributed by atoms with Crippen molar-refractivity contribution in [1.82, 2.24) is 5.32 Å². The highest BCUT2D eigenvalue weighted by atomic mass is 19.1. The fourth-order valence-corrected chi connectivity index (χ4v) is 2.74. The van der Waals surface area contributed by atoms with Crippen LogP contribution in [0, 0.1) is 5.82 Å². The third kappa shape index (κ3) is 2.72. The molecule has 2 N–H and O–H groups in total. The summed E-state index contributed by atoms with van der Waals surface area (Å²) in [5.41, 5.74) is 1.72. The van der Waals surface area contributed by atoms with Gasteiger partial charge in [0.05, 0.1) is 12.5 Å². The summed E-state index contributed by atoms with van der Waals surface area (Å²) in [5, 5.41) is 11.5. The van der Waals surface area contributed by atoms with E-state index in [4.69, 9.17) is 9.52 Å². The van der Waals surface area contributed by atoms with Crippen molar-refractivity contribution in [3.05, 3.63) is 58.8 Å². The third-order valence-corrected chi connectivity index (χ3v) is 3.81. The molecule has 1 aliphatic carbocycles. The summed E-state index contributed by atoms with van der Waals surface area (Å²) < 4.78 is 18.2. The lowest BCUT2D eigenvalue weighted by Gasteiger charge is -2.11. The maximum absolute atomic E-state index is 13.2. The first-order valence-electron chi connectivity index (χ1n) is 6.92. The van der Waals surface area contributed by atoms with Crippen LogP contribution in [0.2, 0.25) is 0 Å². The molecule has 1 atom stereocenters. The highest BCUT2D eigenvalue weighted by Crippen LogP contribution is 2.33. The van der Waals surface area contributed by atoms with Crippen LogP contribution in [0.3, 0.4) is 0 Å². The number of carbonyl (C=O) groups excluding carboxylic acids is 1. The highest BCUT2D eigenvalue weighted by Gasteiger charge is 2.28. The van der Waals surface area contributed by atoms with Crippen molar-refractivity contribution in [1.29, 1.82) is 0 Å². The van der Waals surface area contributed by atoms with Gasteiger partial charge in [0.1, 0.15) is 11.6 Å². The number of benzene rings is 1. The molecule has 0 aliphatic heterocycles. The lowest BCUT2D eigenvalue weighted by molar-refractivity contribution is -0.122. The van der Waals surface area contributed by atoms with Crippen molar-refractivity contribution in [2.24, 2.45) is 0 Å². The number of nitrogens with one attached hydrogen (secondary N) is 1. The van der Waals surface area contributed by atoms with Crippen molar-refractivity contribution in [2.75, 3.05) is 0 Å². The SMILES string of the molecule is O=C(O)c1ccc(CNC(=O)C2CCc3cc(F)ccc32)o1. The van der Waals surface area contributed by atoms with Gasteiger partial charge in [0.15, 0.2) is 0 Å². The van der Waals surface area contributed by atoms with Crippen molar-refractivity contribution < 1.29 is 23.5 Å². The first-order valence-corrected chi connectivity index (χ1v) is 6.92. The van der Waals surface area contributed by atoms with Crippen molar-refractivity contribution in [2.45, 2.75) is 25.3 Å². The minimum absolute atomic E-state index is 0.124. The van der Waals surface area contributed by atoms with Gasteiger partial charge < -0.3 is 14.8 Å². The molecule has 3 rings (SSSR count). The molecular weight excluding hydrogens is 289 g/mol. The molecule has 1 unspecified atom stereocenters.